The van der Waals surface area contributed by atoms with Crippen LogP contribution in [-0.2, 0) is 0 Å². The van der Waals surface area contributed by atoms with E-state index < -0.39 is 0 Å². The van der Waals surface area contributed by atoms with Crippen LogP contribution in [0.1, 0.15) is 24.2 Å². The quantitative estimate of drug-likeness (QED) is 0.767. The average Bonchev–Trinajstić information content (AvgIpc) is 3.01. The summed E-state index contributed by atoms with van der Waals surface area (Å²) in [5, 5.41) is 7.74. The standard InChI is InChI=1S/C14H16N4S/c1-9(11-5-7-19-8-11)16-12-4-3-6-18-13(15)10(2)17-14(12)18/h3-9,16H,15H2,1-2H3. The van der Waals surface area contributed by atoms with Gasteiger partial charge in [0.25, 0.3) is 0 Å². The van der Waals surface area contributed by atoms with Gasteiger partial charge in [-0.3, -0.25) is 4.40 Å². The molecule has 1 unspecified atom stereocenters. The minimum atomic E-state index is 0.246. The number of hydrogen-bond donors (Lipinski definition) is 2. The van der Waals surface area contributed by atoms with Gasteiger partial charge in [-0.15, -0.1) is 0 Å². The molecule has 98 valence electrons. The van der Waals surface area contributed by atoms with Crippen molar-refractivity contribution in [1.29, 1.82) is 0 Å². The lowest BCUT2D eigenvalue weighted by atomic mass is 10.2. The Balaban J connectivity index is 1.99. The molecule has 0 radical (unpaired) electrons. The largest absolute Gasteiger partial charge is 0.383 e. The molecule has 3 heterocycles. The number of fused-ring (bicyclic) bond motifs is 1. The van der Waals surface area contributed by atoms with Crippen LogP contribution in [0.25, 0.3) is 5.65 Å². The molecule has 0 aliphatic heterocycles. The number of nitrogen functional groups attached to an aromatic ring is 1. The summed E-state index contributed by atoms with van der Waals surface area (Å²) in [5.74, 6) is 0.696. The number of hydrogen-bond acceptors (Lipinski definition) is 4. The molecule has 3 aromatic rings. The average molecular weight is 272 g/mol. The molecule has 3 rings (SSSR count). The number of anilines is 2. The van der Waals surface area contributed by atoms with Crippen LogP contribution < -0.4 is 11.1 Å². The number of rotatable bonds is 3. The SMILES string of the molecule is Cc1nc2c(NC(C)c3ccsc3)cccn2c1N. The molecule has 0 saturated heterocycles. The molecule has 19 heavy (non-hydrogen) atoms. The topological polar surface area (TPSA) is 55.4 Å². The van der Waals surface area contributed by atoms with Crippen molar-refractivity contribution >= 4 is 28.5 Å². The summed E-state index contributed by atoms with van der Waals surface area (Å²) in [6.45, 7) is 4.07. The van der Waals surface area contributed by atoms with Gasteiger partial charge in [0.1, 0.15) is 5.82 Å². The van der Waals surface area contributed by atoms with Crippen molar-refractivity contribution in [2.45, 2.75) is 19.9 Å². The molecular weight excluding hydrogens is 256 g/mol. The van der Waals surface area contributed by atoms with E-state index in [0.717, 1.165) is 17.0 Å². The zero-order valence-corrected chi connectivity index (χ0v) is 11.7. The Morgan fingerprint density at radius 3 is 3.00 bits per heavy atom. The Morgan fingerprint density at radius 2 is 2.26 bits per heavy atom. The van der Waals surface area contributed by atoms with Crippen molar-refractivity contribution < 1.29 is 0 Å². The third-order valence-corrected chi connectivity index (χ3v) is 3.99. The van der Waals surface area contributed by atoms with E-state index in [4.69, 9.17) is 5.73 Å². The fourth-order valence-electron chi connectivity index (χ4n) is 2.15. The Labute approximate surface area is 115 Å². The van der Waals surface area contributed by atoms with Gasteiger partial charge in [-0.25, -0.2) is 4.98 Å². The second-order valence-electron chi connectivity index (χ2n) is 4.62. The maximum absolute atomic E-state index is 6.01. The van der Waals surface area contributed by atoms with E-state index in [2.05, 4.69) is 34.1 Å². The van der Waals surface area contributed by atoms with Crippen LogP contribution in [0.4, 0.5) is 11.5 Å². The predicted octanol–water partition coefficient (Wildman–Crippen LogP) is 3.46. The Kier molecular flexibility index (Phi) is 2.91. The van der Waals surface area contributed by atoms with E-state index in [1.54, 1.807) is 11.3 Å². The first-order chi connectivity index (χ1) is 9.16. The van der Waals surface area contributed by atoms with E-state index in [1.165, 1.54) is 5.56 Å². The number of nitrogens with two attached hydrogens (primary N) is 1. The highest BCUT2D eigenvalue weighted by atomic mass is 32.1. The molecule has 5 heteroatoms. The van der Waals surface area contributed by atoms with Gasteiger partial charge in [-0.05, 0) is 48.4 Å². The second kappa shape index (κ2) is 4.59. The van der Waals surface area contributed by atoms with Gasteiger partial charge < -0.3 is 11.1 Å². The third-order valence-electron chi connectivity index (χ3n) is 3.29. The molecule has 0 amide bonds. The first kappa shape index (κ1) is 12.0. The van der Waals surface area contributed by atoms with Crippen LogP contribution in [0, 0.1) is 6.92 Å². The molecule has 1 atom stereocenters. The molecule has 0 saturated carbocycles. The molecule has 0 spiro atoms. The number of aromatic nitrogens is 2. The number of nitrogens with one attached hydrogen (secondary N) is 1. The molecule has 3 N–H and O–H groups in total. The smallest absolute Gasteiger partial charge is 0.162 e. The fraction of sp³-hybridized carbons (Fsp3) is 0.214. The normalized spacial score (nSPS) is 12.7. The lowest BCUT2D eigenvalue weighted by Crippen LogP contribution is -2.07. The Hall–Kier alpha value is -2.01. The second-order valence-corrected chi connectivity index (χ2v) is 5.40. The van der Waals surface area contributed by atoms with Crippen molar-refractivity contribution in [1.82, 2.24) is 9.38 Å². The highest BCUT2D eigenvalue weighted by Gasteiger charge is 2.11. The van der Waals surface area contributed by atoms with Gasteiger partial charge in [0.05, 0.1) is 11.4 Å². The summed E-state index contributed by atoms with van der Waals surface area (Å²) in [6.07, 6.45) is 1.94. The van der Waals surface area contributed by atoms with Crippen LogP contribution >= 0.6 is 11.3 Å². The molecule has 0 fully saturated rings. The zero-order chi connectivity index (χ0) is 13.4. The van der Waals surface area contributed by atoms with E-state index in [0.29, 0.717) is 5.82 Å². The number of nitrogens with zero attached hydrogens (tertiary/aromatic N) is 2. The van der Waals surface area contributed by atoms with Crippen LogP contribution in [0.3, 0.4) is 0 Å². The van der Waals surface area contributed by atoms with Crippen molar-refractivity contribution in [2.24, 2.45) is 0 Å². The highest BCUT2D eigenvalue weighted by molar-refractivity contribution is 7.07. The third kappa shape index (κ3) is 2.06. The van der Waals surface area contributed by atoms with Crippen molar-refractivity contribution in [3.05, 3.63) is 46.4 Å². The molecule has 0 aliphatic rings. The van der Waals surface area contributed by atoms with Gasteiger partial charge in [-0.1, -0.05) is 0 Å². The molecule has 0 aliphatic carbocycles. The first-order valence-electron chi connectivity index (χ1n) is 6.18. The predicted molar refractivity (Wildman–Crippen MR) is 80.7 cm³/mol. The number of thiophene rings is 1. The Bertz CT molecular complexity index is 700. The van der Waals surface area contributed by atoms with Gasteiger partial charge in [0.2, 0.25) is 0 Å². The summed E-state index contributed by atoms with van der Waals surface area (Å²) in [4.78, 5) is 4.53. The number of pyridine rings is 1. The summed E-state index contributed by atoms with van der Waals surface area (Å²) < 4.78 is 1.91. The van der Waals surface area contributed by atoms with Gasteiger partial charge in [-0.2, -0.15) is 11.3 Å². The van der Waals surface area contributed by atoms with E-state index >= 15 is 0 Å². The molecular formula is C14H16N4S. The summed E-state index contributed by atoms with van der Waals surface area (Å²) >= 11 is 1.71. The lowest BCUT2D eigenvalue weighted by Gasteiger charge is -2.14. The van der Waals surface area contributed by atoms with Crippen LogP contribution in [0.15, 0.2) is 35.2 Å². The van der Waals surface area contributed by atoms with Gasteiger partial charge in [0, 0.05) is 12.2 Å². The minimum Gasteiger partial charge on any atom is -0.383 e. The zero-order valence-electron chi connectivity index (χ0n) is 10.9. The molecule has 4 nitrogen and oxygen atoms in total. The maximum atomic E-state index is 6.01. The monoisotopic (exact) mass is 272 g/mol. The minimum absolute atomic E-state index is 0.246. The Morgan fingerprint density at radius 1 is 1.42 bits per heavy atom. The van der Waals surface area contributed by atoms with Crippen LogP contribution in [0.2, 0.25) is 0 Å². The summed E-state index contributed by atoms with van der Waals surface area (Å²) in [6, 6.07) is 6.39. The fourth-order valence-corrected chi connectivity index (χ4v) is 2.90. The summed E-state index contributed by atoms with van der Waals surface area (Å²) in [7, 11) is 0. The van der Waals surface area contributed by atoms with Gasteiger partial charge in [0.15, 0.2) is 5.65 Å². The number of aryl methyl sites for hydroxylation is 1. The van der Waals surface area contributed by atoms with Crippen LogP contribution in [-0.4, -0.2) is 9.38 Å². The summed E-state index contributed by atoms with van der Waals surface area (Å²) in [5.41, 5.74) is 10.0. The van der Waals surface area contributed by atoms with Gasteiger partial charge >= 0.3 is 0 Å². The molecule has 3 aromatic heterocycles. The number of imidazole rings is 1. The van der Waals surface area contributed by atoms with Crippen LogP contribution in [0.5, 0.6) is 0 Å². The van der Waals surface area contributed by atoms with E-state index in [-0.39, 0.29) is 6.04 Å². The highest BCUT2D eigenvalue weighted by Crippen LogP contribution is 2.26. The van der Waals surface area contributed by atoms with E-state index in [1.807, 2.05) is 29.7 Å². The van der Waals surface area contributed by atoms with Crippen molar-refractivity contribution in [2.75, 3.05) is 11.1 Å². The molecule has 0 bridgehead atoms. The lowest BCUT2D eigenvalue weighted by molar-refractivity contribution is 0.889. The van der Waals surface area contributed by atoms with Crippen molar-refractivity contribution in [3.8, 4) is 0 Å². The van der Waals surface area contributed by atoms with Crippen molar-refractivity contribution in [3.63, 3.8) is 0 Å². The molecule has 0 aromatic carbocycles. The van der Waals surface area contributed by atoms with E-state index in [9.17, 15) is 0 Å². The first-order valence-corrected chi connectivity index (χ1v) is 7.13. The maximum Gasteiger partial charge on any atom is 0.162 e.